The van der Waals surface area contributed by atoms with Crippen molar-refractivity contribution in [2.45, 2.75) is 20.3 Å². The third kappa shape index (κ3) is 1.89. The van der Waals surface area contributed by atoms with Gasteiger partial charge in [0.1, 0.15) is 0 Å². The first-order valence-corrected chi connectivity index (χ1v) is 4.63. The van der Waals surface area contributed by atoms with Gasteiger partial charge in [0.15, 0.2) is 0 Å². The van der Waals surface area contributed by atoms with Gasteiger partial charge in [0.05, 0.1) is 0 Å². The van der Waals surface area contributed by atoms with Crippen LogP contribution in [0.4, 0.5) is 0 Å². The number of hydrogen-bond donors (Lipinski definition) is 0. The van der Waals surface area contributed by atoms with Crippen molar-refractivity contribution in [2.75, 3.05) is 0 Å². The second-order valence-corrected chi connectivity index (χ2v) is 3.72. The van der Waals surface area contributed by atoms with Gasteiger partial charge in [-0.05, 0) is 30.5 Å². The highest BCUT2D eigenvalue weighted by Crippen LogP contribution is 2.22. The molecule has 0 heterocycles. The molecule has 12 heavy (non-hydrogen) atoms. The monoisotopic (exact) mass is 222 g/mol. The number of terminal acetylenes is 1. The van der Waals surface area contributed by atoms with Gasteiger partial charge in [-0.25, -0.2) is 0 Å². The van der Waals surface area contributed by atoms with Gasteiger partial charge in [0, 0.05) is 10.9 Å². The molecule has 0 nitrogen and oxygen atoms in total. The van der Waals surface area contributed by atoms with Crippen LogP contribution >= 0.6 is 15.9 Å². The normalized spacial score (nSPS) is 9.50. The average Bonchev–Trinajstić information content (AvgIpc) is 2.01. The average molecular weight is 223 g/mol. The number of benzene rings is 1. The molecule has 0 atom stereocenters. The molecule has 0 aliphatic heterocycles. The summed E-state index contributed by atoms with van der Waals surface area (Å²) in [5.74, 6) is 2.64. The highest BCUT2D eigenvalue weighted by atomic mass is 79.9. The van der Waals surface area contributed by atoms with E-state index in [0.29, 0.717) is 0 Å². The van der Waals surface area contributed by atoms with Gasteiger partial charge < -0.3 is 0 Å². The fourth-order valence-corrected chi connectivity index (χ4v) is 1.48. The predicted molar refractivity (Wildman–Crippen MR) is 56.2 cm³/mol. The third-order valence-corrected chi connectivity index (χ3v) is 3.05. The molecule has 1 heteroatoms. The summed E-state index contributed by atoms with van der Waals surface area (Å²) < 4.78 is 1.18. The molecule has 0 bridgehead atoms. The maximum atomic E-state index is 5.24. The molecule has 0 aliphatic carbocycles. The smallest absolute Gasteiger partial charge is 0.0337 e. The van der Waals surface area contributed by atoms with E-state index in [1.165, 1.54) is 21.2 Å². The van der Waals surface area contributed by atoms with Crippen LogP contribution < -0.4 is 0 Å². The number of halogens is 1. The summed E-state index contributed by atoms with van der Waals surface area (Å²) >= 11 is 3.51. The lowest BCUT2D eigenvalue weighted by Gasteiger charge is -2.05. The molecule has 0 aromatic heterocycles. The Morgan fingerprint density at radius 1 is 1.33 bits per heavy atom. The van der Waals surface area contributed by atoms with E-state index in [4.69, 9.17) is 6.42 Å². The van der Waals surface area contributed by atoms with Crippen LogP contribution in [0.3, 0.4) is 0 Å². The molecule has 0 spiro atoms. The summed E-state index contributed by atoms with van der Waals surface area (Å²) in [5, 5.41) is 0. The molecule has 0 saturated carbocycles. The van der Waals surface area contributed by atoms with Crippen LogP contribution in [0.5, 0.6) is 0 Å². The van der Waals surface area contributed by atoms with Crippen molar-refractivity contribution in [1.82, 2.24) is 0 Å². The summed E-state index contributed by atoms with van der Waals surface area (Å²) in [6, 6.07) is 4.24. The van der Waals surface area contributed by atoms with E-state index >= 15 is 0 Å². The van der Waals surface area contributed by atoms with E-state index in [1.54, 1.807) is 0 Å². The van der Waals surface area contributed by atoms with Crippen molar-refractivity contribution in [2.24, 2.45) is 0 Å². The minimum absolute atomic E-state index is 0.717. The largest absolute Gasteiger partial charge is 0.120 e. The Balaban J connectivity index is 3.14. The van der Waals surface area contributed by atoms with Gasteiger partial charge in [0.25, 0.3) is 0 Å². The van der Waals surface area contributed by atoms with Crippen LogP contribution in [0.1, 0.15) is 16.7 Å². The quantitative estimate of drug-likeness (QED) is 0.641. The molecule has 1 aromatic rings. The van der Waals surface area contributed by atoms with Gasteiger partial charge in [-0.3, -0.25) is 0 Å². The summed E-state index contributed by atoms with van der Waals surface area (Å²) in [7, 11) is 0. The van der Waals surface area contributed by atoms with E-state index < -0.39 is 0 Å². The molecule has 0 saturated heterocycles. The fourth-order valence-electron chi connectivity index (χ4n) is 1.26. The van der Waals surface area contributed by atoms with E-state index in [-0.39, 0.29) is 0 Å². The second-order valence-electron chi connectivity index (χ2n) is 2.92. The molecule has 62 valence electrons. The van der Waals surface area contributed by atoms with Crippen molar-refractivity contribution in [3.8, 4) is 12.3 Å². The molecule has 0 aliphatic rings. The number of aryl methyl sites for hydroxylation is 2. The topological polar surface area (TPSA) is 0 Å². The SMILES string of the molecule is C#CCc1cc(C)c(Br)c(C)c1. The summed E-state index contributed by atoms with van der Waals surface area (Å²) in [6.45, 7) is 4.16. The van der Waals surface area contributed by atoms with Crippen molar-refractivity contribution < 1.29 is 0 Å². The zero-order chi connectivity index (χ0) is 9.14. The maximum Gasteiger partial charge on any atom is 0.0337 e. The zero-order valence-electron chi connectivity index (χ0n) is 7.32. The lowest BCUT2D eigenvalue weighted by atomic mass is 10.1. The van der Waals surface area contributed by atoms with Gasteiger partial charge in [-0.1, -0.05) is 28.1 Å². The Morgan fingerprint density at radius 3 is 2.25 bits per heavy atom. The summed E-state index contributed by atoms with van der Waals surface area (Å²) in [6.07, 6.45) is 5.95. The van der Waals surface area contributed by atoms with Gasteiger partial charge >= 0.3 is 0 Å². The standard InChI is InChI=1S/C11H11Br/c1-4-5-10-6-8(2)11(12)9(3)7-10/h1,6-7H,5H2,2-3H3. The van der Waals surface area contributed by atoms with Crippen molar-refractivity contribution in [3.63, 3.8) is 0 Å². The summed E-state index contributed by atoms with van der Waals surface area (Å²) in [4.78, 5) is 0. The van der Waals surface area contributed by atoms with Gasteiger partial charge in [-0.2, -0.15) is 0 Å². The summed E-state index contributed by atoms with van der Waals surface area (Å²) in [5.41, 5.74) is 3.72. The molecular formula is C11H11Br. The fraction of sp³-hybridized carbons (Fsp3) is 0.273. The first-order chi connectivity index (χ1) is 5.65. The Bertz CT molecular complexity index is 308. The number of rotatable bonds is 1. The van der Waals surface area contributed by atoms with E-state index in [0.717, 1.165) is 6.42 Å². The molecule has 0 fully saturated rings. The predicted octanol–water partition coefficient (Wildman–Crippen LogP) is 3.24. The third-order valence-electron chi connectivity index (χ3n) is 1.80. The highest BCUT2D eigenvalue weighted by molar-refractivity contribution is 9.10. The molecular weight excluding hydrogens is 212 g/mol. The highest BCUT2D eigenvalue weighted by Gasteiger charge is 2.00. The van der Waals surface area contributed by atoms with Crippen molar-refractivity contribution in [3.05, 3.63) is 33.3 Å². The molecule has 1 rings (SSSR count). The molecule has 1 aromatic carbocycles. The zero-order valence-corrected chi connectivity index (χ0v) is 8.90. The van der Waals surface area contributed by atoms with Crippen molar-refractivity contribution in [1.29, 1.82) is 0 Å². The van der Waals surface area contributed by atoms with Crippen LogP contribution in [0, 0.1) is 26.2 Å². The first-order valence-electron chi connectivity index (χ1n) is 3.84. The lowest BCUT2D eigenvalue weighted by Crippen LogP contribution is -1.87. The Kier molecular flexibility index (Phi) is 2.94. The Hall–Kier alpha value is -0.740. The second kappa shape index (κ2) is 3.78. The Morgan fingerprint density at radius 2 is 1.83 bits per heavy atom. The minimum atomic E-state index is 0.717. The van der Waals surface area contributed by atoms with Crippen LogP contribution in [-0.4, -0.2) is 0 Å². The lowest BCUT2D eigenvalue weighted by molar-refractivity contribution is 1.24. The Labute approximate surface area is 82.1 Å². The maximum absolute atomic E-state index is 5.24. The van der Waals surface area contributed by atoms with E-state index in [9.17, 15) is 0 Å². The van der Waals surface area contributed by atoms with Crippen molar-refractivity contribution >= 4 is 15.9 Å². The van der Waals surface area contributed by atoms with E-state index in [2.05, 4.69) is 47.8 Å². The van der Waals surface area contributed by atoms with E-state index in [1.807, 2.05) is 0 Å². The molecule has 0 N–H and O–H groups in total. The van der Waals surface area contributed by atoms with Crippen LogP contribution in [-0.2, 0) is 6.42 Å². The van der Waals surface area contributed by atoms with Gasteiger partial charge in [-0.15, -0.1) is 12.3 Å². The van der Waals surface area contributed by atoms with Crippen LogP contribution in [0.25, 0.3) is 0 Å². The minimum Gasteiger partial charge on any atom is -0.120 e. The van der Waals surface area contributed by atoms with Gasteiger partial charge in [0.2, 0.25) is 0 Å². The first kappa shape index (κ1) is 9.35. The molecule has 0 radical (unpaired) electrons. The molecule has 0 amide bonds. The van der Waals surface area contributed by atoms with Crippen LogP contribution in [0.15, 0.2) is 16.6 Å². The molecule has 0 unspecified atom stereocenters. The van der Waals surface area contributed by atoms with Crippen LogP contribution in [0.2, 0.25) is 0 Å². The number of hydrogen-bond acceptors (Lipinski definition) is 0.